The molecule has 2 fully saturated rings. The van der Waals surface area contributed by atoms with Crippen molar-refractivity contribution >= 4 is 11.6 Å². The molecule has 33 heavy (non-hydrogen) atoms. The Bertz CT molecular complexity index is 934. The molecule has 2 aromatic rings. The van der Waals surface area contributed by atoms with Gasteiger partial charge in [-0.1, -0.05) is 32.4 Å². The summed E-state index contributed by atoms with van der Waals surface area (Å²) < 4.78 is 37.5. The first-order chi connectivity index (χ1) is 15.9. The van der Waals surface area contributed by atoms with E-state index in [4.69, 9.17) is 9.47 Å². The maximum absolute atomic E-state index is 13.0. The molecule has 4 rings (SSSR count). The Morgan fingerprint density at radius 2 is 1.94 bits per heavy atom. The summed E-state index contributed by atoms with van der Waals surface area (Å²) in [7, 11) is 0. The second-order valence-corrected chi connectivity index (χ2v) is 9.16. The van der Waals surface area contributed by atoms with Gasteiger partial charge < -0.3 is 14.4 Å². The molecular weight excluding hydrogens is 426 g/mol. The van der Waals surface area contributed by atoms with Crippen molar-refractivity contribution in [3.8, 4) is 11.5 Å². The van der Waals surface area contributed by atoms with Crippen LogP contribution in [0.4, 0.5) is 14.6 Å². The molecule has 3 atom stereocenters. The zero-order valence-corrected chi connectivity index (χ0v) is 19.3. The van der Waals surface area contributed by atoms with Gasteiger partial charge in [0.1, 0.15) is 29.2 Å². The van der Waals surface area contributed by atoms with E-state index in [1.165, 1.54) is 0 Å². The smallest absolute Gasteiger partial charge is 0.255 e. The van der Waals surface area contributed by atoms with Crippen molar-refractivity contribution in [1.82, 2.24) is 4.98 Å². The minimum absolute atomic E-state index is 0.0259. The zero-order chi connectivity index (χ0) is 23.4. The standard InChI is InChI=1S/C26H32F2N2O3/c1-3-4-5-24(31)18(2)19-6-8-21(9-7-19)33-23-12-13-30(16-23)25-11-10-22(15-29-25)32-17-20-14-26(20,27)28/h6-11,15,18,20,23H,3-5,12-14,16-17H2,1-2H3/t18?,20?,23-/m1/s1. The van der Waals surface area contributed by atoms with Gasteiger partial charge in [0, 0.05) is 31.7 Å². The molecule has 178 valence electrons. The first-order valence-electron chi connectivity index (χ1n) is 11.9. The summed E-state index contributed by atoms with van der Waals surface area (Å²) in [6.07, 6.45) is 5.02. The lowest BCUT2D eigenvalue weighted by molar-refractivity contribution is -0.120. The van der Waals surface area contributed by atoms with Crippen LogP contribution in [0.15, 0.2) is 42.6 Å². The first kappa shape index (κ1) is 23.5. The Morgan fingerprint density at radius 1 is 1.21 bits per heavy atom. The van der Waals surface area contributed by atoms with Gasteiger partial charge in [-0.3, -0.25) is 4.79 Å². The summed E-state index contributed by atoms with van der Waals surface area (Å²) >= 11 is 0. The van der Waals surface area contributed by atoms with E-state index in [0.29, 0.717) is 12.2 Å². The van der Waals surface area contributed by atoms with Crippen molar-refractivity contribution in [1.29, 1.82) is 0 Å². The van der Waals surface area contributed by atoms with Gasteiger partial charge in [0.25, 0.3) is 5.92 Å². The third-order valence-electron chi connectivity index (χ3n) is 6.54. The molecule has 7 heteroatoms. The van der Waals surface area contributed by atoms with Gasteiger partial charge in [0.2, 0.25) is 0 Å². The average Bonchev–Trinajstić information content (AvgIpc) is 3.19. The number of pyridine rings is 1. The number of ether oxygens (including phenoxy) is 2. The Hall–Kier alpha value is -2.70. The van der Waals surface area contributed by atoms with Crippen molar-refractivity contribution in [2.24, 2.45) is 5.92 Å². The molecular formula is C26H32F2N2O3. The zero-order valence-electron chi connectivity index (χ0n) is 19.3. The van der Waals surface area contributed by atoms with E-state index >= 15 is 0 Å². The molecule has 1 aliphatic heterocycles. The van der Waals surface area contributed by atoms with Gasteiger partial charge in [0.15, 0.2) is 0 Å². The van der Waals surface area contributed by atoms with Crippen LogP contribution in [0, 0.1) is 5.92 Å². The van der Waals surface area contributed by atoms with Crippen molar-refractivity contribution in [2.75, 3.05) is 24.6 Å². The van der Waals surface area contributed by atoms with Gasteiger partial charge in [-0.2, -0.15) is 0 Å². The number of nitrogens with zero attached hydrogens (tertiary/aromatic N) is 2. The Balaban J connectivity index is 1.25. The molecule has 2 aliphatic rings. The van der Waals surface area contributed by atoms with Gasteiger partial charge in [-0.25, -0.2) is 13.8 Å². The molecule has 1 aliphatic carbocycles. The van der Waals surface area contributed by atoms with Crippen LogP contribution < -0.4 is 14.4 Å². The highest BCUT2D eigenvalue weighted by molar-refractivity contribution is 5.85. The van der Waals surface area contributed by atoms with Crippen LogP contribution in [0.2, 0.25) is 0 Å². The molecule has 0 radical (unpaired) electrons. The molecule has 5 nitrogen and oxygen atoms in total. The number of hydrogen-bond donors (Lipinski definition) is 0. The average molecular weight is 459 g/mol. The van der Waals surface area contributed by atoms with Crippen LogP contribution in [0.25, 0.3) is 0 Å². The van der Waals surface area contributed by atoms with Crippen molar-refractivity contribution in [3.63, 3.8) is 0 Å². The summed E-state index contributed by atoms with van der Waals surface area (Å²) in [5.74, 6) is -0.920. The van der Waals surface area contributed by atoms with Gasteiger partial charge in [0.05, 0.1) is 25.3 Å². The van der Waals surface area contributed by atoms with Gasteiger partial charge in [-0.15, -0.1) is 0 Å². The molecule has 2 unspecified atom stereocenters. The molecule has 0 bridgehead atoms. The maximum atomic E-state index is 13.0. The Morgan fingerprint density at radius 3 is 2.58 bits per heavy atom. The van der Waals surface area contributed by atoms with Crippen molar-refractivity contribution in [2.45, 2.75) is 63.9 Å². The van der Waals surface area contributed by atoms with Crippen LogP contribution in [0.1, 0.15) is 57.4 Å². The van der Waals surface area contributed by atoms with E-state index in [1.54, 1.807) is 12.3 Å². The van der Waals surface area contributed by atoms with E-state index in [-0.39, 0.29) is 30.8 Å². The summed E-state index contributed by atoms with van der Waals surface area (Å²) in [6, 6.07) is 11.5. The third-order valence-corrected chi connectivity index (χ3v) is 6.54. The van der Waals surface area contributed by atoms with Gasteiger partial charge in [-0.05, 0) is 36.2 Å². The molecule has 0 N–H and O–H groups in total. The summed E-state index contributed by atoms with van der Waals surface area (Å²) in [5, 5.41) is 0. The highest BCUT2D eigenvalue weighted by Crippen LogP contribution is 2.48. The minimum atomic E-state index is -2.57. The second-order valence-electron chi connectivity index (χ2n) is 9.16. The number of carbonyl (C=O) groups is 1. The molecule has 1 aromatic heterocycles. The monoisotopic (exact) mass is 458 g/mol. The molecule has 1 saturated carbocycles. The predicted molar refractivity (Wildman–Crippen MR) is 123 cm³/mol. The van der Waals surface area contributed by atoms with Crippen LogP contribution in [-0.2, 0) is 4.79 Å². The molecule has 2 heterocycles. The van der Waals surface area contributed by atoms with Crippen LogP contribution in [0.5, 0.6) is 11.5 Å². The molecule has 0 spiro atoms. The van der Waals surface area contributed by atoms with Crippen molar-refractivity contribution in [3.05, 3.63) is 48.2 Å². The number of Topliss-reactive ketones (excluding diaryl/α,β-unsaturated/α-hetero) is 1. The summed E-state index contributed by atoms with van der Waals surface area (Å²) in [4.78, 5) is 18.8. The quantitative estimate of drug-likeness (QED) is 0.436. The third kappa shape index (κ3) is 6.01. The number of anilines is 1. The molecule has 1 saturated heterocycles. The lowest BCUT2D eigenvalue weighted by atomic mass is 9.94. The number of alkyl halides is 2. The van der Waals surface area contributed by atoms with Crippen molar-refractivity contribution < 1.29 is 23.0 Å². The largest absolute Gasteiger partial charge is 0.491 e. The number of ketones is 1. The second kappa shape index (κ2) is 10.1. The van der Waals surface area contributed by atoms with E-state index in [9.17, 15) is 13.6 Å². The number of hydrogen-bond acceptors (Lipinski definition) is 5. The Kier molecular flexibility index (Phi) is 7.15. The molecule has 1 aromatic carbocycles. The number of rotatable bonds is 11. The number of aromatic nitrogens is 1. The molecule has 0 amide bonds. The fourth-order valence-corrected chi connectivity index (χ4v) is 4.11. The minimum Gasteiger partial charge on any atom is -0.491 e. The maximum Gasteiger partial charge on any atom is 0.255 e. The summed E-state index contributed by atoms with van der Waals surface area (Å²) in [5.41, 5.74) is 1.02. The van der Waals surface area contributed by atoms with Crippen LogP contribution >= 0.6 is 0 Å². The number of carbonyl (C=O) groups excluding carboxylic acids is 1. The van der Waals surface area contributed by atoms with Gasteiger partial charge >= 0.3 is 0 Å². The van der Waals surface area contributed by atoms with Crippen LogP contribution in [0.3, 0.4) is 0 Å². The lowest BCUT2D eigenvalue weighted by Crippen LogP contribution is -2.25. The van der Waals surface area contributed by atoms with E-state index < -0.39 is 11.8 Å². The fraction of sp³-hybridized carbons (Fsp3) is 0.538. The fourth-order valence-electron chi connectivity index (χ4n) is 4.11. The number of unbranched alkanes of at least 4 members (excludes halogenated alkanes) is 1. The Labute approximate surface area is 194 Å². The first-order valence-corrected chi connectivity index (χ1v) is 11.9. The SMILES string of the molecule is CCCCC(=O)C(C)c1ccc(O[C@@H]2CCN(c3ccc(OCC4CC4(F)F)cn3)C2)cc1. The predicted octanol–water partition coefficient (Wildman–Crippen LogP) is 5.64. The topological polar surface area (TPSA) is 51.7 Å². The normalized spacial score (nSPS) is 22.1. The number of halogens is 2. The lowest BCUT2D eigenvalue weighted by Gasteiger charge is -2.19. The highest BCUT2D eigenvalue weighted by Gasteiger charge is 2.57. The van der Waals surface area contributed by atoms with Crippen LogP contribution in [-0.4, -0.2) is 42.5 Å². The highest BCUT2D eigenvalue weighted by atomic mass is 19.3. The van der Waals surface area contributed by atoms with E-state index in [0.717, 1.165) is 49.5 Å². The summed E-state index contributed by atoms with van der Waals surface area (Å²) in [6.45, 7) is 5.63. The van der Waals surface area contributed by atoms with E-state index in [2.05, 4.69) is 16.8 Å². The number of benzene rings is 1. The van der Waals surface area contributed by atoms with E-state index in [1.807, 2.05) is 37.3 Å².